The molecule has 1 aliphatic carbocycles. The van der Waals surface area contributed by atoms with Gasteiger partial charge in [0.25, 0.3) is 0 Å². The molecule has 0 spiro atoms. The first-order valence-electron chi connectivity index (χ1n) is 3.83. The van der Waals surface area contributed by atoms with Crippen molar-refractivity contribution in [3.8, 4) is 0 Å². The molecule has 1 aromatic carbocycles. The van der Waals surface area contributed by atoms with Crippen molar-refractivity contribution in [1.29, 1.82) is 0 Å². The monoisotopic (exact) mass is 342 g/mol. The molecule has 0 bridgehead atoms. The van der Waals surface area contributed by atoms with Gasteiger partial charge in [0.05, 0.1) is 3.23 Å². The molecule has 70 valence electrons. The summed E-state index contributed by atoms with van der Waals surface area (Å²) in [7, 11) is 0. The molecule has 0 amide bonds. The minimum Gasteiger partial charge on any atom is -0.0843 e. The summed E-state index contributed by atoms with van der Waals surface area (Å²) in [4.78, 5) is 0. The lowest BCUT2D eigenvalue weighted by Crippen LogP contribution is -1.89. The summed E-state index contributed by atoms with van der Waals surface area (Å²) in [5.74, 6) is 0.429. The Morgan fingerprint density at radius 2 is 1.92 bits per heavy atom. The van der Waals surface area contributed by atoms with Crippen molar-refractivity contribution in [1.82, 2.24) is 0 Å². The van der Waals surface area contributed by atoms with Gasteiger partial charge in [-0.1, -0.05) is 55.1 Å². The third kappa shape index (κ3) is 2.06. The van der Waals surface area contributed by atoms with Crippen LogP contribution in [0.5, 0.6) is 0 Å². The van der Waals surface area contributed by atoms with Crippen LogP contribution in [0, 0.1) is 0 Å². The Kier molecular flexibility index (Phi) is 2.69. The van der Waals surface area contributed by atoms with E-state index < -0.39 is 0 Å². The zero-order valence-electron chi connectivity index (χ0n) is 6.53. The van der Waals surface area contributed by atoms with Gasteiger partial charge in [-0.25, -0.2) is 0 Å². The molecule has 1 atom stereocenters. The van der Waals surface area contributed by atoms with E-state index in [9.17, 15) is 0 Å². The Balaban J connectivity index is 2.36. The quantitative estimate of drug-likeness (QED) is 0.631. The summed E-state index contributed by atoms with van der Waals surface area (Å²) in [6.07, 6.45) is 1.05. The van der Waals surface area contributed by atoms with Crippen molar-refractivity contribution in [2.45, 2.75) is 15.6 Å². The number of benzene rings is 1. The maximum absolute atomic E-state index is 6.06. The average Bonchev–Trinajstić information content (AvgIpc) is 2.65. The van der Waals surface area contributed by atoms with Gasteiger partial charge >= 0.3 is 0 Å². The van der Waals surface area contributed by atoms with E-state index in [4.69, 9.17) is 23.2 Å². The van der Waals surface area contributed by atoms with Crippen LogP contribution in [0.2, 0.25) is 10.0 Å². The number of hydrogen-bond donors (Lipinski definition) is 0. The molecule has 1 aromatic rings. The predicted octanol–water partition coefficient (Wildman–Crippen LogP) is 4.97. The van der Waals surface area contributed by atoms with Gasteiger partial charge in [-0.15, -0.1) is 0 Å². The third-order valence-corrected chi connectivity index (χ3v) is 4.49. The summed E-state index contributed by atoms with van der Waals surface area (Å²) < 4.78 is 0.0360. The molecular weight excluding hydrogens is 339 g/mol. The van der Waals surface area contributed by atoms with Gasteiger partial charge in [-0.05, 0) is 30.2 Å². The first-order valence-corrected chi connectivity index (χ1v) is 6.18. The summed E-state index contributed by atoms with van der Waals surface area (Å²) >= 11 is 19.1. The van der Waals surface area contributed by atoms with Gasteiger partial charge in [-0.3, -0.25) is 0 Å². The lowest BCUT2D eigenvalue weighted by atomic mass is 10.1. The fourth-order valence-electron chi connectivity index (χ4n) is 1.33. The SMILES string of the molecule is Clc1ccc(Cl)c(C2CC2(Br)Br)c1. The molecule has 0 saturated heterocycles. The molecule has 0 heterocycles. The zero-order chi connectivity index (χ0) is 9.64. The smallest absolute Gasteiger partial charge is 0.0843 e. The number of rotatable bonds is 1. The van der Waals surface area contributed by atoms with Crippen molar-refractivity contribution in [3.63, 3.8) is 0 Å². The highest BCUT2D eigenvalue weighted by atomic mass is 79.9. The topological polar surface area (TPSA) is 0 Å². The van der Waals surface area contributed by atoms with Crippen molar-refractivity contribution < 1.29 is 0 Å². The van der Waals surface area contributed by atoms with Crippen LogP contribution in [0.4, 0.5) is 0 Å². The Morgan fingerprint density at radius 1 is 1.31 bits per heavy atom. The molecule has 0 aromatic heterocycles. The van der Waals surface area contributed by atoms with E-state index in [-0.39, 0.29) is 3.23 Å². The van der Waals surface area contributed by atoms with Gasteiger partial charge in [0.2, 0.25) is 0 Å². The average molecular weight is 345 g/mol. The maximum Gasteiger partial charge on any atom is 0.0881 e. The highest BCUT2D eigenvalue weighted by Gasteiger charge is 2.51. The predicted molar refractivity (Wildman–Crippen MR) is 64.4 cm³/mol. The van der Waals surface area contributed by atoms with Crippen LogP contribution in [-0.2, 0) is 0 Å². The van der Waals surface area contributed by atoms with E-state index in [0.717, 1.165) is 22.0 Å². The van der Waals surface area contributed by atoms with Crippen LogP contribution >= 0.6 is 55.1 Å². The number of hydrogen-bond acceptors (Lipinski definition) is 0. The van der Waals surface area contributed by atoms with Gasteiger partial charge in [0.1, 0.15) is 0 Å². The fourth-order valence-corrected chi connectivity index (χ4v) is 2.90. The van der Waals surface area contributed by atoms with Crippen LogP contribution in [0.3, 0.4) is 0 Å². The van der Waals surface area contributed by atoms with Gasteiger partial charge in [-0.2, -0.15) is 0 Å². The van der Waals surface area contributed by atoms with Crippen molar-refractivity contribution in [3.05, 3.63) is 33.8 Å². The molecule has 1 unspecified atom stereocenters. The summed E-state index contributed by atoms with van der Waals surface area (Å²) in [6, 6.07) is 5.58. The highest BCUT2D eigenvalue weighted by molar-refractivity contribution is 9.25. The Bertz CT molecular complexity index is 349. The first-order chi connectivity index (χ1) is 6.00. The van der Waals surface area contributed by atoms with E-state index in [1.807, 2.05) is 12.1 Å². The van der Waals surface area contributed by atoms with E-state index >= 15 is 0 Å². The lowest BCUT2D eigenvalue weighted by molar-refractivity contribution is 1.13. The summed E-state index contributed by atoms with van der Waals surface area (Å²) in [6.45, 7) is 0. The molecular formula is C9H6Br2Cl2. The van der Waals surface area contributed by atoms with Crippen molar-refractivity contribution in [2.75, 3.05) is 0 Å². The number of halogens is 4. The van der Waals surface area contributed by atoms with Crippen LogP contribution in [0.15, 0.2) is 18.2 Å². The lowest BCUT2D eigenvalue weighted by Gasteiger charge is -2.04. The Labute approximate surface area is 104 Å². The minimum absolute atomic E-state index is 0.0360. The van der Waals surface area contributed by atoms with Crippen LogP contribution in [-0.4, -0.2) is 3.23 Å². The van der Waals surface area contributed by atoms with E-state index in [0.29, 0.717) is 5.92 Å². The molecule has 1 fully saturated rings. The van der Waals surface area contributed by atoms with Crippen LogP contribution in [0.1, 0.15) is 17.9 Å². The van der Waals surface area contributed by atoms with Gasteiger partial charge in [0.15, 0.2) is 0 Å². The fraction of sp³-hybridized carbons (Fsp3) is 0.333. The molecule has 0 radical (unpaired) electrons. The van der Waals surface area contributed by atoms with Gasteiger partial charge in [0, 0.05) is 16.0 Å². The molecule has 1 saturated carbocycles. The second kappa shape index (κ2) is 3.41. The summed E-state index contributed by atoms with van der Waals surface area (Å²) in [5.41, 5.74) is 1.11. The molecule has 2 rings (SSSR count). The standard InChI is InChI=1S/C9H6Br2Cl2/c10-9(11)4-7(9)6-3-5(12)1-2-8(6)13/h1-3,7H,4H2. The molecule has 0 nitrogen and oxygen atoms in total. The van der Waals surface area contributed by atoms with Crippen LogP contribution < -0.4 is 0 Å². The molecule has 4 heteroatoms. The van der Waals surface area contributed by atoms with Crippen LogP contribution in [0.25, 0.3) is 0 Å². The first kappa shape index (κ1) is 10.3. The van der Waals surface area contributed by atoms with E-state index in [1.54, 1.807) is 6.07 Å². The molecule has 13 heavy (non-hydrogen) atoms. The third-order valence-electron chi connectivity index (χ3n) is 2.16. The maximum atomic E-state index is 6.06. The number of alkyl halides is 2. The van der Waals surface area contributed by atoms with E-state index in [2.05, 4.69) is 31.9 Å². The van der Waals surface area contributed by atoms with Crippen molar-refractivity contribution >= 4 is 55.1 Å². The molecule has 0 N–H and O–H groups in total. The molecule has 1 aliphatic rings. The largest absolute Gasteiger partial charge is 0.0881 e. The zero-order valence-corrected chi connectivity index (χ0v) is 11.2. The highest BCUT2D eigenvalue weighted by Crippen LogP contribution is 2.63. The van der Waals surface area contributed by atoms with Gasteiger partial charge < -0.3 is 0 Å². The Morgan fingerprint density at radius 3 is 2.46 bits per heavy atom. The second-order valence-electron chi connectivity index (χ2n) is 3.18. The van der Waals surface area contributed by atoms with Crippen molar-refractivity contribution in [2.24, 2.45) is 0 Å². The normalized spacial score (nSPS) is 24.5. The minimum atomic E-state index is 0.0360. The van der Waals surface area contributed by atoms with E-state index in [1.165, 1.54) is 0 Å². The molecule has 0 aliphatic heterocycles. The second-order valence-corrected chi connectivity index (χ2v) is 7.92. The Hall–Kier alpha value is 0.760. The summed E-state index contributed by atoms with van der Waals surface area (Å²) in [5, 5.41) is 1.53.